The van der Waals surface area contributed by atoms with E-state index in [-0.39, 0.29) is 0 Å². The van der Waals surface area contributed by atoms with Gasteiger partial charge in [-0.25, -0.2) is 0 Å². The van der Waals surface area contributed by atoms with Gasteiger partial charge in [-0.2, -0.15) is 0 Å². The first-order valence-electron chi connectivity index (χ1n) is 6.49. The second-order valence-corrected chi connectivity index (χ2v) is 5.85. The molecule has 1 aliphatic rings. The number of nitrogens with zero attached hydrogens (tertiary/aromatic N) is 1. The minimum absolute atomic E-state index is 0.484. The quantitative estimate of drug-likeness (QED) is 0.882. The van der Waals surface area contributed by atoms with Gasteiger partial charge >= 0.3 is 0 Å². The van der Waals surface area contributed by atoms with Crippen molar-refractivity contribution < 1.29 is 0 Å². The molecule has 1 aromatic rings. The number of hydrogen-bond donors (Lipinski definition) is 1. The van der Waals surface area contributed by atoms with Gasteiger partial charge in [0, 0.05) is 25.5 Å². The first-order chi connectivity index (χ1) is 8.20. The maximum absolute atomic E-state index is 6.08. The van der Waals surface area contributed by atoms with Crippen LogP contribution in [0.5, 0.6) is 0 Å². The van der Waals surface area contributed by atoms with Crippen LogP contribution in [0.4, 0.5) is 0 Å². The van der Waals surface area contributed by atoms with Gasteiger partial charge in [-0.3, -0.25) is 4.98 Å². The maximum Gasteiger partial charge on any atom is 0.0634 e. The van der Waals surface area contributed by atoms with E-state index in [1.54, 1.807) is 12.4 Å². The molecular weight excluding hydrogens is 232 g/mol. The van der Waals surface area contributed by atoms with Gasteiger partial charge in [0.15, 0.2) is 0 Å². The van der Waals surface area contributed by atoms with Gasteiger partial charge in [-0.05, 0) is 29.9 Å². The summed E-state index contributed by atoms with van der Waals surface area (Å²) >= 11 is 6.08. The summed E-state index contributed by atoms with van der Waals surface area (Å²) in [5.41, 5.74) is 1.62. The van der Waals surface area contributed by atoms with Crippen LogP contribution in [0.2, 0.25) is 5.02 Å². The molecule has 0 bridgehead atoms. The van der Waals surface area contributed by atoms with Crippen molar-refractivity contribution in [2.45, 2.75) is 45.6 Å². The third-order valence-corrected chi connectivity index (χ3v) is 4.12. The Morgan fingerprint density at radius 2 is 2.12 bits per heavy atom. The number of aromatic nitrogens is 1. The summed E-state index contributed by atoms with van der Waals surface area (Å²) in [6, 6.07) is 1.98. The van der Waals surface area contributed by atoms with Crippen molar-refractivity contribution >= 4 is 11.6 Å². The Morgan fingerprint density at radius 3 is 2.82 bits per heavy atom. The van der Waals surface area contributed by atoms with Crippen molar-refractivity contribution in [3.8, 4) is 0 Å². The molecule has 1 heterocycles. The summed E-state index contributed by atoms with van der Waals surface area (Å²) in [4.78, 5) is 4.00. The van der Waals surface area contributed by atoms with Crippen LogP contribution in [0.25, 0.3) is 0 Å². The van der Waals surface area contributed by atoms with E-state index in [9.17, 15) is 0 Å². The first kappa shape index (κ1) is 12.8. The molecule has 0 amide bonds. The normalized spacial score (nSPS) is 19.2. The number of rotatable bonds is 4. The van der Waals surface area contributed by atoms with Crippen LogP contribution in [-0.2, 0) is 6.54 Å². The van der Waals surface area contributed by atoms with Crippen molar-refractivity contribution in [2.24, 2.45) is 5.41 Å². The zero-order chi connectivity index (χ0) is 12.1. The summed E-state index contributed by atoms with van der Waals surface area (Å²) in [6.45, 7) is 4.33. The van der Waals surface area contributed by atoms with E-state index in [1.165, 1.54) is 32.1 Å². The van der Waals surface area contributed by atoms with Crippen LogP contribution < -0.4 is 5.32 Å². The lowest BCUT2D eigenvalue weighted by Crippen LogP contribution is -2.33. The summed E-state index contributed by atoms with van der Waals surface area (Å²) in [5.74, 6) is 0. The summed E-state index contributed by atoms with van der Waals surface area (Å²) in [6.07, 6.45) is 10.4. The fourth-order valence-electron chi connectivity index (χ4n) is 2.63. The number of nitrogens with one attached hydrogen (secondary N) is 1. The molecule has 2 nitrogen and oxygen atoms in total. The number of halogens is 1. The van der Waals surface area contributed by atoms with Crippen molar-refractivity contribution in [3.05, 3.63) is 29.0 Å². The predicted octanol–water partition coefficient (Wildman–Crippen LogP) is 3.80. The lowest BCUT2D eigenvalue weighted by Gasteiger charge is -2.33. The number of pyridine rings is 1. The zero-order valence-electron chi connectivity index (χ0n) is 10.5. The highest BCUT2D eigenvalue weighted by atomic mass is 35.5. The highest BCUT2D eigenvalue weighted by Crippen LogP contribution is 2.35. The Kier molecular flexibility index (Phi) is 4.41. The molecule has 0 atom stereocenters. The maximum atomic E-state index is 6.08. The van der Waals surface area contributed by atoms with Crippen LogP contribution in [0.3, 0.4) is 0 Å². The Bertz CT molecular complexity index is 359. The molecule has 0 radical (unpaired) electrons. The Hall–Kier alpha value is -0.600. The molecule has 1 saturated carbocycles. The monoisotopic (exact) mass is 252 g/mol. The SMILES string of the molecule is CC1(CNCc2ccncc2Cl)CCCCC1. The van der Waals surface area contributed by atoms with Gasteiger partial charge in [0.1, 0.15) is 0 Å². The Balaban J connectivity index is 1.81. The molecule has 94 valence electrons. The molecule has 0 unspecified atom stereocenters. The fraction of sp³-hybridized carbons (Fsp3) is 0.643. The minimum Gasteiger partial charge on any atom is -0.312 e. The van der Waals surface area contributed by atoms with Crippen molar-refractivity contribution in [1.82, 2.24) is 10.3 Å². The molecular formula is C14H21ClN2. The van der Waals surface area contributed by atoms with E-state index in [2.05, 4.69) is 17.2 Å². The molecule has 1 aliphatic carbocycles. The topological polar surface area (TPSA) is 24.9 Å². The summed E-state index contributed by atoms with van der Waals surface area (Å²) < 4.78 is 0. The van der Waals surface area contributed by atoms with E-state index < -0.39 is 0 Å². The second-order valence-electron chi connectivity index (χ2n) is 5.44. The lowest BCUT2D eigenvalue weighted by molar-refractivity contribution is 0.207. The van der Waals surface area contributed by atoms with Gasteiger partial charge in [0.05, 0.1) is 5.02 Å². The average molecular weight is 253 g/mol. The Morgan fingerprint density at radius 1 is 1.35 bits per heavy atom. The van der Waals surface area contributed by atoms with Gasteiger partial charge in [0.25, 0.3) is 0 Å². The average Bonchev–Trinajstić information content (AvgIpc) is 2.32. The Labute approximate surface area is 109 Å². The van der Waals surface area contributed by atoms with Crippen molar-refractivity contribution in [1.29, 1.82) is 0 Å². The standard InChI is InChI=1S/C14H21ClN2/c1-14(6-3-2-4-7-14)11-17-9-12-5-8-16-10-13(12)15/h5,8,10,17H,2-4,6-7,9,11H2,1H3. The van der Waals surface area contributed by atoms with E-state index in [1.807, 2.05) is 6.07 Å². The van der Waals surface area contributed by atoms with Crippen molar-refractivity contribution in [2.75, 3.05) is 6.54 Å². The predicted molar refractivity (Wildman–Crippen MR) is 72.1 cm³/mol. The molecule has 1 aromatic heterocycles. The third kappa shape index (κ3) is 3.68. The molecule has 0 saturated heterocycles. The molecule has 0 aliphatic heterocycles. The summed E-state index contributed by atoms with van der Waals surface area (Å²) in [7, 11) is 0. The van der Waals surface area contributed by atoms with Gasteiger partial charge < -0.3 is 5.32 Å². The molecule has 0 aromatic carbocycles. The van der Waals surface area contributed by atoms with Crippen LogP contribution in [0.1, 0.15) is 44.6 Å². The van der Waals surface area contributed by atoms with Gasteiger partial charge in [-0.15, -0.1) is 0 Å². The molecule has 0 spiro atoms. The van der Waals surface area contributed by atoms with Gasteiger partial charge in [0.2, 0.25) is 0 Å². The summed E-state index contributed by atoms with van der Waals surface area (Å²) in [5, 5.41) is 4.30. The molecule has 17 heavy (non-hydrogen) atoms. The van der Waals surface area contributed by atoms with E-state index in [4.69, 9.17) is 11.6 Å². The molecule has 1 fully saturated rings. The van der Waals surface area contributed by atoms with Crippen LogP contribution >= 0.6 is 11.6 Å². The zero-order valence-corrected chi connectivity index (χ0v) is 11.3. The van der Waals surface area contributed by atoms with Crippen molar-refractivity contribution in [3.63, 3.8) is 0 Å². The molecule has 2 rings (SSSR count). The lowest BCUT2D eigenvalue weighted by atomic mass is 9.76. The van der Waals surface area contributed by atoms with E-state index >= 15 is 0 Å². The highest BCUT2D eigenvalue weighted by molar-refractivity contribution is 6.31. The van der Waals surface area contributed by atoms with Crippen LogP contribution in [0, 0.1) is 5.41 Å². The highest BCUT2D eigenvalue weighted by Gasteiger charge is 2.25. The second kappa shape index (κ2) is 5.83. The van der Waals surface area contributed by atoms with Gasteiger partial charge in [-0.1, -0.05) is 37.8 Å². The first-order valence-corrected chi connectivity index (χ1v) is 6.87. The van der Waals surface area contributed by atoms with E-state index in [0.29, 0.717) is 5.41 Å². The minimum atomic E-state index is 0.484. The number of hydrogen-bond acceptors (Lipinski definition) is 2. The smallest absolute Gasteiger partial charge is 0.0634 e. The third-order valence-electron chi connectivity index (χ3n) is 3.78. The van der Waals surface area contributed by atoms with E-state index in [0.717, 1.165) is 23.7 Å². The largest absolute Gasteiger partial charge is 0.312 e. The van der Waals surface area contributed by atoms with Crippen LogP contribution in [-0.4, -0.2) is 11.5 Å². The molecule has 3 heteroatoms. The molecule has 1 N–H and O–H groups in total. The fourth-order valence-corrected chi connectivity index (χ4v) is 2.81. The van der Waals surface area contributed by atoms with Crippen LogP contribution in [0.15, 0.2) is 18.5 Å².